The molecule has 2 saturated carbocycles. The van der Waals surface area contributed by atoms with E-state index in [0.717, 1.165) is 0 Å². The van der Waals surface area contributed by atoms with Gasteiger partial charge >= 0.3 is 17.9 Å². The van der Waals surface area contributed by atoms with Crippen LogP contribution in [-0.2, 0) is 47.7 Å². The van der Waals surface area contributed by atoms with Crippen molar-refractivity contribution < 1.29 is 57.2 Å². The number of esters is 3. The SMILES string of the molecule is C=C1[C@@H]([C@]2(C)[C@H]3CC(=O)OC[C@@]3(C)OC(=O)C[C@H]2C(C)=O)[C@@H](OC=O)[C@H](OC(=O)CC(C)C)[C@@]2(C)[C@H](c3ccoc3)CC(=O)[C@]12O. The van der Waals surface area contributed by atoms with Crippen molar-refractivity contribution in [2.75, 3.05) is 6.61 Å². The van der Waals surface area contributed by atoms with Gasteiger partial charge in [0.05, 0.1) is 30.8 Å². The van der Waals surface area contributed by atoms with Crippen molar-refractivity contribution in [2.24, 2.45) is 34.5 Å². The molecule has 46 heavy (non-hydrogen) atoms. The van der Waals surface area contributed by atoms with Crippen molar-refractivity contribution in [3.8, 4) is 0 Å². The fourth-order valence-electron chi connectivity index (χ4n) is 9.25. The van der Waals surface area contributed by atoms with Crippen LogP contribution in [0.4, 0.5) is 0 Å². The standard InChI is InChI=1S/C34H42O12/c1-17(2)10-26(39)45-30-29(44-16-35)28(18(3)34(41)24(37)11-22(33(30,34)7)20-8-9-42-14-20)32(6)21(19(4)36)12-27(40)46-31(5)15-43-25(38)13-23(31)32/h8-9,14,16-17,21-23,28-30,41H,3,10-13,15H2,1-2,4-7H3/t21-,22-,23-,28+,29+,30-,31+,32-,33+,34+/m0/s1. The number of ketones is 2. The first kappa shape index (κ1) is 33.6. The van der Waals surface area contributed by atoms with Gasteiger partial charge in [-0.3, -0.25) is 28.8 Å². The molecular weight excluding hydrogens is 600 g/mol. The average molecular weight is 643 g/mol. The maximum absolute atomic E-state index is 14.2. The molecule has 0 radical (unpaired) electrons. The van der Waals surface area contributed by atoms with Gasteiger partial charge in [0.15, 0.2) is 11.4 Å². The van der Waals surface area contributed by atoms with E-state index in [1.807, 2.05) is 13.8 Å². The highest BCUT2D eigenvalue weighted by Gasteiger charge is 2.77. The molecule has 1 N–H and O–H groups in total. The van der Waals surface area contributed by atoms with Gasteiger partial charge in [0.1, 0.15) is 30.2 Å². The molecule has 0 unspecified atom stereocenters. The number of hydrogen-bond acceptors (Lipinski definition) is 12. The van der Waals surface area contributed by atoms with Crippen molar-refractivity contribution >= 4 is 35.9 Å². The van der Waals surface area contributed by atoms with E-state index in [9.17, 15) is 33.9 Å². The second-order valence-electron chi connectivity index (χ2n) is 14.4. The predicted octanol–water partition coefficient (Wildman–Crippen LogP) is 3.24. The highest BCUT2D eigenvalue weighted by Crippen LogP contribution is 2.68. The second kappa shape index (κ2) is 11.5. The van der Waals surface area contributed by atoms with Gasteiger partial charge in [-0.15, -0.1) is 0 Å². The number of carbonyl (C=O) groups excluding carboxylic acids is 6. The van der Waals surface area contributed by atoms with Crippen molar-refractivity contribution in [1.29, 1.82) is 0 Å². The first-order valence-electron chi connectivity index (χ1n) is 15.6. The molecule has 2 aliphatic carbocycles. The molecule has 12 heteroatoms. The molecule has 2 saturated heterocycles. The van der Waals surface area contributed by atoms with Crippen LogP contribution in [0.1, 0.15) is 78.7 Å². The zero-order chi connectivity index (χ0) is 34.0. The zero-order valence-corrected chi connectivity index (χ0v) is 27.0. The van der Waals surface area contributed by atoms with E-state index in [4.69, 9.17) is 23.4 Å². The number of cyclic esters (lactones) is 1. The third kappa shape index (κ3) is 4.74. The monoisotopic (exact) mass is 642 g/mol. The van der Waals surface area contributed by atoms with E-state index in [2.05, 4.69) is 6.58 Å². The molecule has 0 aromatic carbocycles. The van der Waals surface area contributed by atoms with Crippen LogP contribution in [0.2, 0.25) is 0 Å². The van der Waals surface area contributed by atoms with Crippen molar-refractivity contribution in [3.05, 3.63) is 36.3 Å². The van der Waals surface area contributed by atoms with Crippen LogP contribution in [0.15, 0.2) is 35.2 Å². The molecule has 10 atom stereocenters. The van der Waals surface area contributed by atoms with Crippen molar-refractivity contribution in [1.82, 2.24) is 0 Å². The van der Waals surface area contributed by atoms with E-state index in [1.54, 1.807) is 26.8 Å². The van der Waals surface area contributed by atoms with Gasteiger partial charge < -0.3 is 28.5 Å². The number of furan rings is 1. The van der Waals surface area contributed by atoms with E-state index in [-0.39, 0.29) is 43.8 Å². The Morgan fingerprint density at radius 2 is 1.83 bits per heavy atom. The van der Waals surface area contributed by atoms with Gasteiger partial charge in [-0.25, -0.2) is 0 Å². The van der Waals surface area contributed by atoms with Crippen molar-refractivity contribution in [2.45, 2.75) is 96.6 Å². The van der Waals surface area contributed by atoms with Crippen LogP contribution >= 0.6 is 0 Å². The average Bonchev–Trinajstić information content (AvgIpc) is 3.55. The number of fused-ring (bicyclic) bond motifs is 2. The van der Waals surface area contributed by atoms with Gasteiger partial charge in [0.25, 0.3) is 6.47 Å². The van der Waals surface area contributed by atoms with Crippen molar-refractivity contribution in [3.63, 3.8) is 0 Å². The number of Topliss-reactive ketones (excluding diaryl/α,β-unsaturated/α-hetero) is 2. The highest BCUT2D eigenvalue weighted by atomic mass is 16.6. The summed E-state index contributed by atoms with van der Waals surface area (Å²) in [5, 5.41) is 12.8. The Hall–Kier alpha value is -3.80. The van der Waals surface area contributed by atoms with Crippen LogP contribution in [0.5, 0.6) is 0 Å². The lowest BCUT2D eigenvalue weighted by Gasteiger charge is -2.61. The Labute approximate surface area is 267 Å². The van der Waals surface area contributed by atoms with E-state index >= 15 is 0 Å². The molecule has 5 rings (SSSR count). The minimum Gasteiger partial charge on any atom is -0.472 e. The minimum atomic E-state index is -2.36. The lowest BCUT2D eigenvalue weighted by Crippen LogP contribution is -2.71. The fourth-order valence-corrected chi connectivity index (χ4v) is 9.25. The summed E-state index contributed by atoms with van der Waals surface area (Å²) in [6.45, 7) is 13.9. The molecule has 12 nitrogen and oxygen atoms in total. The molecule has 3 heterocycles. The van der Waals surface area contributed by atoms with Crippen LogP contribution in [0, 0.1) is 34.5 Å². The molecule has 0 bridgehead atoms. The lowest BCUT2D eigenvalue weighted by molar-refractivity contribution is -0.234. The number of carbonyl (C=O) groups is 6. The Morgan fingerprint density at radius 1 is 1.13 bits per heavy atom. The molecule has 0 amide bonds. The predicted molar refractivity (Wildman–Crippen MR) is 157 cm³/mol. The molecule has 1 aromatic heterocycles. The molecule has 250 valence electrons. The van der Waals surface area contributed by atoms with Gasteiger partial charge in [0.2, 0.25) is 0 Å². The lowest BCUT2D eigenvalue weighted by atomic mass is 9.45. The maximum Gasteiger partial charge on any atom is 0.307 e. The summed E-state index contributed by atoms with van der Waals surface area (Å²) in [5.74, 6) is -7.23. The Balaban J connectivity index is 1.81. The van der Waals surface area contributed by atoms with E-state index < -0.39 is 93.8 Å². The Morgan fingerprint density at radius 3 is 2.41 bits per heavy atom. The summed E-state index contributed by atoms with van der Waals surface area (Å²) in [7, 11) is 0. The van der Waals surface area contributed by atoms with Gasteiger partial charge in [-0.1, -0.05) is 34.3 Å². The van der Waals surface area contributed by atoms with Crippen LogP contribution in [0.3, 0.4) is 0 Å². The normalized spacial score (nSPS) is 40.7. The first-order chi connectivity index (χ1) is 21.5. The van der Waals surface area contributed by atoms with Crippen LogP contribution in [-0.4, -0.2) is 71.1 Å². The number of rotatable bonds is 8. The van der Waals surface area contributed by atoms with E-state index in [1.165, 1.54) is 19.5 Å². The Bertz CT molecular complexity index is 1460. The third-order valence-corrected chi connectivity index (χ3v) is 11.4. The molecule has 0 spiro atoms. The molecule has 4 fully saturated rings. The quantitative estimate of drug-likeness (QED) is 0.190. The number of aliphatic hydroxyl groups is 1. The topological polar surface area (TPSA) is 173 Å². The van der Waals surface area contributed by atoms with Crippen LogP contribution in [0.25, 0.3) is 0 Å². The van der Waals surface area contributed by atoms with Gasteiger partial charge in [-0.05, 0) is 42.4 Å². The minimum absolute atomic E-state index is 0.0169. The summed E-state index contributed by atoms with van der Waals surface area (Å²) in [6.07, 6.45) is -0.889. The molecule has 1 aromatic rings. The number of hydrogen-bond donors (Lipinski definition) is 1. The summed E-state index contributed by atoms with van der Waals surface area (Å²) >= 11 is 0. The molecule has 2 aliphatic heterocycles. The second-order valence-corrected chi connectivity index (χ2v) is 14.4. The Kier molecular flexibility index (Phi) is 8.37. The maximum atomic E-state index is 14.2. The van der Waals surface area contributed by atoms with E-state index in [0.29, 0.717) is 5.56 Å². The largest absolute Gasteiger partial charge is 0.472 e. The summed E-state index contributed by atoms with van der Waals surface area (Å²) in [4.78, 5) is 79.6. The number of ether oxygens (including phenoxy) is 4. The smallest absolute Gasteiger partial charge is 0.307 e. The molecule has 4 aliphatic rings. The van der Waals surface area contributed by atoms with Gasteiger partial charge in [-0.2, -0.15) is 0 Å². The molecular formula is C34H42O12. The van der Waals surface area contributed by atoms with Gasteiger partial charge in [0, 0.05) is 36.5 Å². The third-order valence-electron chi connectivity index (χ3n) is 11.4. The highest BCUT2D eigenvalue weighted by molar-refractivity contribution is 5.96. The van der Waals surface area contributed by atoms with Crippen LogP contribution < -0.4 is 0 Å². The zero-order valence-electron chi connectivity index (χ0n) is 27.0. The first-order valence-corrected chi connectivity index (χ1v) is 15.6. The summed E-state index contributed by atoms with van der Waals surface area (Å²) in [6, 6.07) is 1.65. The summed E-state index contributed by atoms with van der Waals surface area (Å²) in [5.41, 5.74) is -6.46. The summed E-state index contributed by atoms with van der Waals surface area (Å²) < 4.78 is 28.6. The fraction of sp³-hybridized carbons (Fsp3) is 0.647.